The van der Waals surface area contributed by atoms with E-state index >= 15 is 0 Å². The summed E-state index contributed by atoms with van der Waals surface area (Å²) in [6.45, 7) is 0. The maximum atomic E-state index is 13.7. The smallest absolute Gasteiger partial charge is 0.235 e. The molecule has 2 unspecified atom stereocenters. The van der Waals surface area contributed by atoms with Crippen LogP contribution in [-0.4, -0.2) is 44.9 Å². The van der Waals surface area contributed by atoms with Gasteiger partial charge >= 0.3 is 0 Å². The molecule has 3 aliphatic carbocycles. The van der Waals surface area contributed by atoms with Gasteiger partial charge in [0, 0.05) is 21.9 Å². The van der Waals surface area contributed by atoms with Crippen molar-refractivity contribution in [3.8, 4) is 16.2 Å². The summed E-state index contributed by atoms with van der Waals surface area (Å²) in [7, 11) is 0. The molecule has 5 atom stereocenters. The number of aromatic hydroxyl groups is 1. The number of aliphatic hydroxyl groups is 1. The van der Waals surface area contributed by atoms with Gasteiger partial charge in [-0.1, -0.05) is 18.2 Å². The molecule has 0 radical (unpaired) electrons. The minimum Gasteiger partial charge on any atom is -0.507 e. The Labute approximate surface area is 208 Å². The molecule has 1 amide bonds. The summed E-state index contributed by atoms with van der Waals surface area (Å²) in [5.74, 6) is -10.0. The van der Waals surface area contributed by atoms with E-state index in [1.54, 1.807) is 17.4 Å². The lowest BCUT2D eigenvalue weighted by Crippen LogP contribution is -2.68. The first-order valence-electron chi connectivity index (χ1n) is 11.6. The van der Waals surface area contributed by atoms with E-state index in [0.717, 1.165) is 20.5 Å². The third-order valence-corrected chi connectivity index (χ3v) is 9.13. The zero-order valence-electron chi connectivity index (χ0n) is 18.9. The number of fused-ring (bicyclic) bond motifs is 4. The summed E-state index contributed by atoms with van der Waals surface area (Å²) in [6, 6.07) is 13.0. The summed E-state index contributed by atoms with van der Waals surface area (Å²) < 4.78 is 1.07. The van der Waals surface area contributed by atoms with Crippen molar-refractivity contribution < 1.29 is 34.2 Å². The van der Waals surface area contributed by atoms with Gasteiger partial charge in [-0.25, -0.2) is 0 Å². The molecular weight excluding hydrogens is 482 g/mol. The largest absolute Gasteiger partial charge is 0.507 e. The van der Waals surface area contributed by atoms with E-state index in [1.165, 1.54) is 6.07 Å². The molecule has 2 fully saturated rings. The average molecular weight is 504 g/mol. The molecule has 6 rings (SSSR count). The lowest BCUT2D eigenvalue weighted by Gasteiger charge is -2.48. The SMILES string of the molecule is NC(=O)C1C(=O)C[C@@H]2C[C@@H]3Cc4c(-c5cc6ccccc6s5)ccc(O)c4C(=O)C3C(=O)[C@]2(O)C1=O. The Morgan fingerprint density at radius 1 is 1.03 bits per heavy atom. The predicted molar refractivity (Wildman–Crippen MR) is 129 cm³/mol. The minimum absolute atomic E-state index is 0.00684. The number of rotatable bonds is 2. The third-order valence-electron chi connectivity index (χ3n) is 7.98. The first kappa shape index (κ1) is 22.8. The van der Waals surface area contributed by atoms with Crippen LogP contribution in [0.5, 0.6) is 5.75 Å². The second kappa shape index (κ2) is 7.65. The number of nitrogens with two attached hydrogens (primary N) is 1. The van der Waals surface area contributed by atoms with Crippen LogP contribution in [0.4, 0.5) is 0 Å². The molecule has 2 saturated carbocycles. The number of Topliss-reactive ketones (excluding diaryl/α,β-unsaturated/α-hetero) is 4. The number of hydrogen-bond donors (Lipinski definition) is 3. The van der Waals surface area contributed by atoms with Crippen LogP contribution in [0.1, 0.15) is 28.8 Å². The molecule has 0 spiro atoms. The number of carbonyl (C=O) groups excluding carboxylic acids is 5. The fraction of sp³-hybridized carbons (Fsp3) is 0.296. The number of carbonyl (C=O) groups is 5. The minimum atomic E-state index is -2.64. The van der Waals surface area contributed by atoms with Gasteiger partial charge in [-0.15, -0.1) is 11.3 Å². The first-order chi connectivity index (χ1) is 17.1. The summed E-state index contributed by atoms with van der Waals surface area (Å²) >= 11 is 1.55. The second-order valence-corrected chi connectivity index (χ2v) is 11.0. The number of hydrogen-bond acceptors (Lipinski definition) is 8. The molecule has 3 aliphatic rings. The Hall–Kier alpha value is -3.69. The van der Waals surface area contributed by atoms with Crippen molar-refractivity contribution in [2.24, 2.45) is 29.4 Å². The van der Waals surface area contributed by atoms with E-state index in [0.29, 0.717) is 5.56 Å². The molecule has 0 aliphatic heterocycles. The van der Waals surface area contributed by atoms with Gasteiger partial charge in [-0.3, -0.25) is 24.0 Å². The van der Waals surface area contributed by atoms with Gasteiger partial charge in [-0.2, -0.15) is 0 Å². The average Bonchev–Trinajstić information content (AvgIpc) is 3.25. The van der Waals surface area contributed by atoms with Crippen LogP contribution in [0.3, 0.4) is 0 Å². The number of ketones is 4. The van der Waals surface area contributed by atoms with Gasteiger partial charge in [0.1, 0.15) is 5.75 Å². The fourth-order valence-electron chi connectivity index (χ4n) is 6.31. The number of thiophene rings is 1. The van der Waals surface area contributed by atoms with Crippen molar-refractivity contribution in [2.75, 3.05) is 0 Å². The van der Waals surface area contributed by atoms with Gasteiger partial charge < -0.3 is 15.9 Å². The summed E-state index contributed by atoms with van der Waals surface area (Å²) in [6.07, 6.45) is -0.0265. The molecule has 9 heteroatoms. The molecule has 8 nitrogen and oxygen atoms in total. The molecule has 1 aromatic heterocycles. The predicted octanol–water partition coefficient (Wildman–Crippen LogP) is 2.21. The van der Waals surface area contributed by atoms with E-state index in [-0.39, 0.29) is 30.6 Å². The summed E-state index contributed by atoms with van der Waals surface area (Å²) in [4.78, 5) is 65.4. The quantitative estimate of drug-likeness (QED) is 0.454. The molecular formula is C27H21NO7S. The second-order valence-electron chi connectivity index (χ2n) is 9.87. The molecule has 1 heterocycles. The summed E-state index contributed by atoms with van der Waals surface area (Å²) in [5.41, 5.74) is 3.96. The van der Waals surface area contributed by atoms with Crippen LogP contribution in [0, 0.1) is 23.7 Å². The van der Waals surface area contributed by atoms with Crippen LogP contribution in [-0.2, 0) is 25.6 Å². The van der Waals surface area contributed by atoms with Crippen LogP contribution in [0.2, 0.25) is 0 Å². The van der Waals surface area contributed by atoms with E-state index in [1.807, 2.05) is 30.3 Å². The molecule has 2 aromatic carbocycles. The van der Waals surface area contributed by atoms with Crippen LogP contribution >= 0.6 is 11.3 Å². The number of phenols is 1. The molecule has 182 valence electrons. The number of benzene rings is 2. The Kier molecular flexibility index (Phi) is 4.84. The lowest BCUT2D eigenvalue weighted by atomic mass is 9.53. The standard InChI is InChI=1S/C27H21NO7S/c28-26(34)22-17(30)10-13-7-12-8-15-14(19-9-11-3-1-2-4-18(11)36-19)5-6-16(29)21(15)23(31)20(12)24(32)27(13,35)25(22)33/h1-6,9,12-13,20,22,29,35H,7-8,10H2,(H2,28,34)/t12-,13+,20?,22?,27+/m1/s1. The Balaban J connectivity index is 1.46. The van der Waals surface area contributed by atoms with Gasteiger partial charge in [0.25, 0.3) is 0 Å². The normalized spacial score (nSPS) is 29.6. The van der Waals surface area contributed by atoms with Crippen molar-refractivity contribution >= 4 is 50.5 Å². The van der Waals surface area contributed by atoms with Crippen molar-refractivity contribution in [1.29, 1.82) is 0 Å². The van der Waals surface area contributed by atoms with Crippen LogP contribution in [0.15, 0.2) is 42.5 Å². The van der Waals surface area contributed by atoms with Gasteiger partial charge in [0.15, 0.2) is 34.7 Å². The lowest BCUT2D eigenvalue weighted by molar-refractivity contribution is -0.175. The Bertz CT molecular complexity index is 1510. The van der Waals surface area contributed by atoms with Gasteiger partial charge in [0.05, 0.1) is 11.5 Å². The maximum Gasteiger partial charge on any atom is 0.235 e. The maximum absolute atomic E-state index is 13.7. The highest BCUT2D eigenvalue weighted by molar-refractivity contribution is 7.22. The van der Waals surface area contributed by atoms with Crippen molar-refractivity contribution in [3.05, 3.63) is 53.6 Å². The van der Waals surface area contributed by atoms with E-state index in [2.05, 4.69) is 0 Å². The fourth-order valence-corrected chi connectivity index (χ4v) is 7.43. The zero-order chi connectivity index (χ0) is 25.5. The molecule has 0 saturated heterocycles. The van der Waals surface area contributed by atoms with E-state index < -0.39 is 58.3 Å². The highest BCUT2D eigenvalue weighted by atomic mass is 32.1. The Morgan fingerprint density at radius 2 is 1.78 bits per heavy atom. The molecule has 36 heavy (non-hydrogen) atoms. The molecule has 4 N–H and O–H groups in total. The van der Waals surface area contributed by atoms with Crippen molar-refractivity contribution in [2.45, 2.75) is 24.9 Å². The van der Waals surface area contributed by atoms with Crippen molar-refractivity contribution in [3.63, 3.8) is 0 Å². The zero-order valence-corrected chi connectivity index (χ0v) is 19.7. The van der Waals surface area contributed by atoms with Crippen LogP contribution < -0.4 is 5.73 Å². The van der Waals surface area contributed by atoms with Gasteiger partial charge in [-0.05, 0) is 59.5 Å². The Morgan fingerprint density at radius 3 is 2.50 bits per heavy atom. The highest BCUT2D eigenvalue weighted by Crippen LogP contribution is 2.51. The number of amides is 1. The third kappa shape index (κ3) is 2.93. The topological polar surface area (TPSA) is 152 Å². The first-order valence-corrected chi connectivity index (χ1v) is 12.5. The van der Waals surface area contributed by atoms with Crippen molar-refractivity contribution in [1.82, 2.24) is 0 Å². The summed E-state index contributed by atoms with van der Waals surface area (Å²) in [5, 5.41) is 23.0. The number of primary amides is 1. The molecule has 3 aromatic rings. The monoisotopic (exact) mass is 503 g/mol. The molecule has 0 bridgehead atoms. The van der Waals surface area contributed by atoms with Crippen LogP contribution in [0.25, 0.3) is 20.5 Å². The van der Waals surface area contributed by atoms with E-state index in [4.69, 9.17) is 5.73 Å². The van der Waals surface area contributed by atoms with E-state index in [9.17, 15) is 34.2 Å². The highest BCUT2D eigenvalue weighted by Gasteiger charge is 2.66. The number of phenolic OH excluding ortho intramolecular Hbond substituents is 1. The van der Waals surface area contributed by atoms with Gasteiger partial charge in [0.2, 0.25) is 5.91 Å².